The third-order valence-corrected chi connectivity index (χ3v) is 7.14. The van der Waals surface area contributed by atoms with E-state index in [0.717, 1.165) is 6.07 Å². The highest BCUT2D eigenvalue weighted by molar-refractivity contribution is 6.30. The molecule has 3 aliphatic carbocycles. The van der Waals surface area contributed by atoms with Gasteiger partial charge >= 0.3 is 0 Å². The van der Waals surface area contributed by atoms with Gasteiger partial charge in [0.1, 0.15) is 11.6 Å². The molecule has 10 heteroatoms. The molecule has 2 bridgehead atoms. The SMILES string of the molecule is CN1CC(C(=O)NC23CCC(NC(=O)COc4ccc(Cl)c(F)c4)(CC2)C(O)C3)CN1. The lowest BCUT2D eigenvalue weighted by Gasteiger charge is -2.56. The molecule has 1 heterocycles. The van der Waals surface area contributed by atoms with Gasteiger partial charge in [0, 0.05) is 31.7 Å². The number of carbonyl (C=O) groups is 2. The number of halogens is 2. The number of hydrogen-bond donors (Lipinski definition) is 4. The van der Waals surface area contributed by atoms with E-state index in [0.29, 0.717) is 45.2 Å². The lowest BCUT2D eigenvalue weighted by Crippen LogP contribution is -2.70. The minimum Gasteiger partial charge on any atom is -0.484 e. The molecule has 170 valence electrons. The van der Waals surface area contributed by atoms with Crippen LogP contribution in [0.25, 0.3) is 0 Å². The number of carbonyl (C=O) groups excluding carboxylic acids is 2. The third-order valence-electron chi connectivity index (χ3n) is 6.83. The summed E-state index contributed by atoms with van der Waals surface area (Å²) < 4.78 is 18.9. The Morgan fingerprint density at radius 2 is 2.06 bits per heavy atom. The summed E-state index contributed by atoms with van der Waals surface area (Å²) in [6.07, 6.45) is 2.15. The fraction of sp³-hybridized carbons (Fsp3) is 0.619. The molecule has 2 unspecified atom stereocenters. The molecule has 5 rings (SSSR count). The van der Waals surface area contributed by atoms with Crippen LogP contribution in [-0.2, 0) is 9.59 Å². The van der Waals surface area contributed by atoms with Crippen LogP contribution in [0.15, 0.2) is 18.2 Å². The second-order valence-electron chi connectivity index (χ2n) is 9.00. The number of nitrogens with zero attached hydrogens (tertiary/aromatic N) is 1. The molecule has 2 atom stereocenters. The maximum Gasteiger partial charge on any atom is 0.258 e. The maximum atomic E-state index is 13.5. The van der Waals surface area contributed by atoms with Gasteiger partial charge in [-0.25, -0.2) is 9.40 Å². The number of hydrogen-bond acceptors (Lipinski definition) is 6. The van der Waals surface area contributed by atoms with Crippen LogP contribution >= 0.6 is 11.6 Å². The van der Waals surface area contributed by atoms with Crippen molar-refractivity contribution in [3.63, 3.8) is 0 Å². The molecule has 1 aromatic carbocycles. The van der Waals surface area contributed by atoms with Crippen molar-refractivity contribution in [3.8, 4) is 5.75 Å². The molecular weight excluding hydrogens is 427 g/mol. The van der Waals surface area contributed by atoms with Gasteiger partial charge in [0.15, 0.2) is 6.61 Å². The standard InChI is InChI=1S/C21H28ClFN4O4/c1-27-11-13(10-24-27)19(30)26-20-4-6-21(7-5-20,17(28)9-20)25-18(29)12-31-14-2-3-15(22)16(23)8-14/h2-3,8,13,17,24,28H,4-7,9-12H2,1H3,(H,25,29)(H,26,30). The van der Waals surface area contributed by atoms with E-state index in [-0.39, 0.29) is 35.1 Å². The number of aliphatic hydroxyl groups is 1. The highest BCUT2D eigenvalue weighted by atomic mass is 35.5. The van der Waals surface area contributed by atoms with Gasteiger partial charge < -0.3 is 20.5 Å². The van der Waals surface area contributed by atoms with E-state index in [2.05, 4.69) is 16.1 Å². The predicted octanol–water partition coefficient (Wildman–Crippen LogP) is 0.973. The quantitative estimate of drug-likeness (QED) is 0.511. The molecule has 1 saturated heterocycles. The van der Waals surface area contributed by atoms with Crippen molar-refractivity contribution in [2.24, 2.45) is 5.92 Å². The Labute approximate surface area is 185 Å². The molecule has 4 N–H and O–H groups in total. The lowest BCUT2D eigenvalue weighted by atomic mass is 9.59. The Bertz CT molecular complexity index is 862. The first-order valence-electron chi connectivity index (χ1n) is 10.5. The van der Waals surface area contributed by atoms with Crippen molar-refractivity contribution >= 4 is 23.4 Å². The number of aliphatic hydroxyl groups excluding tert-OH is 1. The van der Waals surface area contributed by atoms with Crippen LogP contribution in [0.1, 0.15) is 32.1 Å². The van der Waals surface area contributed by atoms with Gasteiger partial charge in [-0.15, -0.1) is 0 Å². The largest absolute Gasteiger partial charge is 0.484 e. The van der Waals surface area contributed by atoms with Crippen LogP contribution in [-0.4, -0.2) is 65.9 Å². The first-order chi connectivity index (χ1) is 14.7. The lowest BCUT2D eigenvalue weighted by molar-refractivity contribution is -0.137. The number of fused-ring (bicyclic) bond motifs is 3. The number of rotatable bonds is 6. The van der Waals surface area contributed by atoms with Crippen molar-refractivity contribution < 1.29 is 23.8 Å². The Balaban J connectivity index is 1.31. The van der Waals surface area contributed by atoms with E-state index in [1.807, 2.05) is 12.1 Å². The third kappa shape index (κ3) is 4.64. The Morgan fingerprint density at radius 1 is 1.32 bits per heavy atom. The molecule has 3 saturated carbocycles. The van der Waals surface area contributed by atoms with E-state index >= 15 is 0 Å². The van der Waals surface area contributed by atoms with Gasteiger partial charge in [0.05, 0.1) is 22.6 Å². The molecule has 1 aliphatic heterocycles. The number of amides is 2. The summed E-state index contributed by atoms with van der Waals surface area (Å²) in [7, 11) is 1.90. The minimum absolute atomic E-state index is 0.00563. The second-order valence-corrected chi connectivity index (χ2v) is 9.41. The average Bonchev–Trinajstić information content (AvgIpc) is 3.17. The average molecular weight is 455 g/mol. The molecule has 0 aromatic heterocycles. The molecule has 31 heavy (non-hydrogen) atoms. The number of benzene rings is 1. The highest BCUT2D eigenvalue weighted by Crippen LogP contribution is 2.47. The summed E-state index contributed by atoms with van der Waals surface area (Å²) in [5.41, 5.74) is 1.97. The molecule has 8 nitrogen and oxygen atoms in total. The molecule has 4 aliphatic rings. The monoisotopic (exact) mass is 454 g/mol. The molecule has 2 amide bonds. The smallest absolute Gasteiger partial charge is 0.258 e. The zero-order valence-corrected chi connectivity index (χ0v) is 18.2. The van der Waals surface area contributed by atoms with Crippen molar-refractivity contribution in [3.05, 3.63) is 29.0 Å². The van der Waals surface area contributed by atoms with E-state index in [9.17, 15) is 19.1 Å². The van der Waals surface area contributed by atoms with Crippen molar-refractivity contribution in [1.29, 1.82) is 0 Å². The number of nitrogens with one attached hydrogen (secondary N) is 3. The van der Waals surface area contributed by atoms with Gasteiger partial charge in [-0.05, 0) is 44.2 Å². The number of hydrazine groups is 1. The van der Waals surface area contributed by atoms with Crippen LogP contribution in [0.5, 0.6) is 5.75 Å². The molecule has 0 radical (unpaired) electrons. The Morgan fingerprint density at radius 3 is 2.68 bits per heavy atom. The van der Waals surface area contributed by atoms with Gasteiger partial charge in [-0.2, -0.15) is 0 Å². The second kappa shape index (κ2) is 8.54. The van der Waals surface area contributed by atoms with Gasteiger partial charge in [0.25, 0.3) is 5.91 Å². The summed E-state index contributed by atoms with van der Waals surface area (Å²) in [6.45, 7) is 0.972. The Hall–Kier alpha value is -1.94. The summed E-state index contributed by atoms with van der Waals surface area (Å²) in [5, 5.41) is 18.9. The number of ether oxygens (including phenoxy) is 1. The zero-order chi connectivity index (χ0) is 22.2. The molecule has 1 aromatic rings. The van der Waals surface area contributed by atoms with Crippen LogP contribution < -0.4 is 20.8 Å². The van der Waals surface area contributed by atoms with Crippen molar-refractivity contribution in [1.82, 2.24) is 21.1 Å². The first kappa shape index (κ1) is 22.3. The van der Waals surface area contributed by atoms with E-state index in [1.54, 1.807) is 0 Å². The fourth-order valence-corrected chi connectivity index (χ4v) is 5.07. The first-order valence-corrected chi connectivity index (χ1v) is 10.9. The minimum atomic E-state index is -0.767. The van der Waals surface area contributed by atoms with Crippen LogP contribution in [0.4, 0.5) is 4.39 Å². The topological polar surface area (TPSA) is 103 Å². The van der Waals surface area contributed by atoms with Crippen molar-refractivity contribution in [2.75, 3.05) is 26.7 Å². The maximum absolute atomic E-state index is 13.5. The summed E-state index contributed by atoms with van der Waals surface area (Å²) in [6, 6.07) is 3.97. The highest BCUT2D eigenvalue weighted by Gasteiger charge is 2.55. The Kier molecular flexibility index (Phi) is 6.13. The molecule has 0 spiro atoms. The van der Waals surface area contributed by atoms with Crippen LogP contribution in [0.3, 0.4) is 0 Å². The van der Waals surface area contributed by atoms with Gasteiger partial charge in [-0.3, -0.25) is 15.0 Å². The van der Waals surface area contributed by atoms with E-state index in [1.165, 1.54) is 12.1 Å². The molecular formula is C21H28ClFN4O4. The summed E-state index contributed by atoms with van der Waals surface area (Å²) in [4.78, 5) is 25.2. The molecule has 4 fully saturated rings. The zero-order valence-electron chi connectivity index (χ0n) is 17.4. The van der Waals surface area contributed by atoms with E-state index in [4.69, 9.17) is 16.3 Å². The van der Waals surface area contributed by atoms with Gasteiger partial charge in [-0.1, -0.05) is 11.6 Å². The van der Waals surface area contributed by atoms with E-state index < -0.39 is 23.0 Å². The predicted molar refractivity (Wildman–Crippen MR) is 112 cm³/mol. The van der Waals surface area contributed by atoms with Crippen LogP contribution in [0.2, 0.25) is 5.02 Å². The fourth-order valence-electron chi connectivity index (χ4n) is 4.96. The summed E-state index contributed by atoms with van der Waals surface area (Å²) in [5.74, 6) is -0.901. The normalized spacial score (nSPS) is 32.6. The van der Waals surface area contributed by atoms with Crippen molar-refractivity contribution in [2.45, 2.75) is 49.3 Å². The van der Waals surface area contributed by atoms with Gasteiger partial charge in [0.2, 0.25) is 5.91 Å². The van der Waals surface area contributed by atoms with Crippen LogP contribution in [0, 0.1) is 11.7 Å². The summed E-state index contributed by atoms with van der Waals surface area (Å²) >= 11 is 5.65.